The topological polar surface area (TPSA) is 231 Å². The normalized spacial score (nSPS) is 14.4. The van der Waals surface area contributed by atoms with Gasteiger partial charge in [0.15, 0.2) is 6.10 Å². The monoisotopic (exact) mass is 1730 g/mol. The van der Waals surface area contributed by atoms with Gasteiger partial charge in [0.2, 0.25) is 0 Å². The Labute approximate surface area is 740 Å². The number of phosphoric ester groups is 2. The first-order valence-corrected chi connectivity index (χ1v) is 51.8. The first kappa shape index (κ1) is 116. The van der Waals surface area contributed by atoms with Crippen molar-refractivity contribution in [3.8, 4) is 0 Å². The Kier molecular flexibility index (Phi) is 90.5. The molecule has 0 bridgehead atoms. The summed E-state index contributed by atoms with van der Waals surface area (Å²) in [6.07, 6.45) is 122. The molecule has 5 atom stereocenters. The van der Waals surface area contributed by atoms with E-state index in [9.17, 15) is 43.5 Å². The molecule has 0 fully saturated rings. The van der Waals surface area contributed by atoms with E-state index in [4.69, 9.17) is 32.3 Å². The number of phosphoric acid groups is 2. The maximum atomic E-state index is 13.1. The molecule has 0 aromatic rings. The Hall–Kier alpha value is -4.83. The number of hydrogen-bond donors (Lipinski definition) is 4. The molecule has 4 N–H and O–H groups in total. The van der Waals surface area contributed by atoms with E-state index >= 15 is 0 Å². The molecular formula is C103H178O16P2. The third-order valence-corrected chi connectivity index (χ3v) is 22.6. The maximum absolute atomic E-state index is 13.1. The Morgan fingerprint density at radius 1 is 0.240 bits per heavy atom. The quantitative estimate of drug-likeness (QED) is 0.0146. The highest BCUT2D eigenvalue weighted by Gasteiger charge is 2.30. The third-order valence-electron chi connectivity index (χ3n) is 20.7. The molecule has 0 amide bonds. The highest BCUT2D eigenvalue weighted by Crippen LogP contribution is 2.45. The van der Waals surface area contributed by atoms with Crippen LogP contribution in [0.1, 0.15) is 419 Å². The van der Waals surface area contributed by atoms with Crippen LogP contribution < -0.4 is 0 Å². The zero-order valence-corrected chi connectivity index (χ0v) is 78.7. The van der Waals surface area contributed by atoms with Crippen molar-refractivity contribution >= 4 is 33.6 Å². The summed E-state index contributed by atoms with van der Waals surface area (Å²) in [5, 5.41) is 20.8. The second-order valence-corrected chi connectivity index (χ2v) is 35.4. The number of aliphatic hydroxyl groups is 2. The summed E-state index contributed by atoms with van der Waals surface area (Å²) in [5.74, 6) is -1.59. The van der Waals surface area contributed by atoms with Crippen molar-refractivity contribution in [3.05, 3.63) is 158 Å². The van der Waals surface area contributed by atoms with Crippen LogP contribution in [-0.2, 0) is 55.8 Å². The fraction of sp³-hybridized carbons (Fsp3) is 0.718. The zero-order chi connectivity index (χ0) is 87.9. The summed E-state index contributed by atoms with van der Waals surface area (Å²) in [6, 6.07) is 0. The molecule has 0 saturated heterocycles. The zero-order valence-electron chi connectivity index (χ0n) is 76.9. The molecule has 5 unspecified atom stereocenters. The van der Waals surface area contributed by atoms with Gasteiger partial charge in [0.05, 0.1) is 26.4 Å². The predicted octanol–water partition coefficient (Wildman–Crippen LogP) is 30.5. The fourth-order valence-corrected chi connectivity index (χ4v) is 14.9. The molecule has 0 aliphatic carbocycles. The minimum absolute atomic E-state index is 0.0791. The van der Waals surface area contributed by atoms with Gasteiger partial charge in [-0.25, -0.2) is 9.13 Å². The van der Waals surface area contributed by atoms with Gasteiger partial charge in [-0.2, -0.15) is 0 Å². The molecule has 0 spiro atoms. The number of aliphatic hydroxyl groups excluding tert-OH is 2. The second kappa shape index (κ2) is 94.3. The minimum Gasteiger partial charge on any atom is -0.463 e. The molecule has 0 heterocycles. The van der Waals surface area contributed by atoms with E-state index in [2.05, 4.69) is 179 Å². The number of hydrogen-bond acceptors (Lipinski definition) is 14. The molecule has 0 aromatic heterocycles. The second-order valence-electron chi connectivity index (χ2n) is 32.5. The maximum Gasteiger partial charge on any atom is 0.472 e. The number of unbranched alkanes of at least 4 members (excludes halogenated alkanes) is 43. The Balaban J connectivity index is 4.53. The van der Waals surface area contributed by atoms with E-state index in [1.807, 2.05) is 0 Å². The summed E-state index contributed by atoms with van der Waals surface area (Å²) in [5.41, 5.74) is 0. The lowest BCUT2D eigenvalue weighted by atomic mass is 10.0. The lowest BCUT2D eigenvalue weighted by molar-refractivity contribution is -0.161. The van der Waals surface area contributed by atoms with Gasteiger partial charge >= 0.3 is 33.6 Å². The van der Waals surface area contributed by atoms with E-state index in [1.54, 1.807) is 0 Å². The lowest BCUT2D eigenvalue weighted by Gasteiger charge is -2.21. The van der Waals surface area contributed by atoms with Crippen LogP contribution in [0.15, 0.2) is 158 Å². The molecule has 0 radical (unpaired) electrons. The highest BCUT2D eigenvalue weighted by atomic mass is 31.2. The van der Waals surface area contributed by atoms with Gasteiger partial charge < -0.3 is 34.2 Å². The van der Waals surface area contributed by atoms with Crippen molar-refractivity contribution in [3.63, 3.8) is 0 Å². The van der Waals surface area contributed by atoms with Crippen LogP contribution in [0.4, 0.5) is 0 Å². The average molecular weight is 1730 g/mol. The fourth-order valence-electron chi connectivity index (χ4n) is 13.3. The van der Waals surface area contributed by atoms with Crippen molar-refractivity contribution in [2.45, 2.75) is 437 Å². The molecule has 0 aliphatic rings. The highest BCUT2D eigenvalue weighted by molar-refractivity contribution is 7.47. The van der Waals surface area contributed by atoms with Crippen LogP contribution in [0.5, 0.6) is 0 Å². The number of esters is 3. The van der Waals surface area contributed by atoms with E-state index in [0.717, 1.165) is 154 Å². The van der Waals surface area contributed by atoms with E-state index in [1.165, 1.54) is 205 Å². The van der Waals surface area contributed by atoms with Crippen LogP contribution in [0.2, 0.25) is 0 Å². The molecule has 18 heteroatoms. The summed E-state index contributed by atoms with van der Waals surface area (Å²) >= 11 is 0. The number of carbonyl (C=O) groups excluding carboxylic acids is 3. The summed E-state index contributed by atoms with van der Waals surface area (Å²) < 4.78 is 61.5. The molecule has 0 saturated carbocycles. The van der Waals surface area contributed by atoms with Gasteiger partial charge in [-0.15, -0.1) is 0 Å². The van der Waals surface area contributed by atoms with Crippen LogP contribution in [-0.4, -0.2) is 95.9 Å². The molecule has 0 aliphatic heterocycles. The molecule has 0 aromatic carbocycles. The minimum atomic E-state index is -4.95. The smallest absolute Gasteiger partial charge is 0.463 e. The Morgan fingerprint density at radius 3 is 0.694 bits per heavy atom. The van der Waals surface area contributed by atoms with Gasteiger partial charge in [-0.3, -0.25) is 32.5 Å². The van der Waals surface area contributed by atoms with Gasteiger partial charge in [-0.05, 0) is 154 Å². The standard InChI is InChI=1S/C103H178O16P2/c1-4-7-10-13-16-19-22-25-28-31-34-37-39-41-43-45-46-47-48-49-50-52-54-55-57-60-62-65-68-71-74-77-80-83-86-89-101(106)113-92-98(104)93-115-120(109,110)116-94-99(105)95-117-121(111,112)118-97-100(119-103(108)91-88-85-82-79-76-73-70-67-64-59-36-33-30-27-24-21-18-15-12-9-6-3)96-114-102(107)90-87-84-81-78-75-72-69-66-63-61-58-56-53-51-44-42-40-38-35-32-29-26-23-20-17-14-11-8-5-2/h9,12,16-21,25-30,34-38,41-44,59,67,70,98-100,104-105H,4-8,10-11,13-15,22-24,31-33,39-40,45-58,60-66,68-69,71-97H2,1-3H3,(H,109,110)(H,111,112)/b12-9-,19-16-,20-17-,21-18-,28-25-,29-26-,30-27-,37-34-,38-35-,43-41-,44-42-,59-36-,70-67-. The van der Waals surface area contributed by atoms with Crippen molar-refractivity contribution in [2.75, 3.05) is 39.6 Å². The van der Waals surface area contributed by atoms with Crippen LogP contribution in [0.25, 0.3) is 0 Å². The van der Waals surface area contributed by atoms with Gasteiger partial charge in [0.25, 0.3) is 0 Å². The van der Waals surface area contributed by atoms with Crippen LogP contribution >= 0.6 is 15.6 Å². The van der Waals surface area contributed by atoms with Gasteiger partial charge in [0, 0.05) is 19.3 Å². The SMILES string of the molecule is CC/C=C\C/C=C\C/C=C\C/C=C\C/C=C\CCCCCCCC(=O)OC(COC(=O)CCCCCCCCCCCCCCC/C=C\C/C=C\C/C=C\C/C=C\CCCCC)COP(=O)(O)OCC(O)COP(=O)(O)OCC(O)COC(=O)CCCCCCCCCCCCCCCCCCCCC/C=C\C/C=C\C/C=C\C/C=C\CCCCC. The largest absolute Gasteiger partial charge is 0.472 e. The molecular weight excluding hydrogens is 1560 g/mol. The lowest BCUT2D eigenvalue weighted by Crippen LogP contribution is -2.30. The first-order chi connectivity index (χ1) is 59.2. The van der Waals surface area contributed by atoms with Crippen LogP contribution in [0, 0.1) is 0 Å². The van der Waals surface area contributed by atoms with Crippen molar-refractivity contribution < 1.29 is 75.8 Å². The predicted molar refractivity (Wildman–Crippen MR) is 509 cm³/mol. The van der Waals surface area contributed by atoms with E-state index in [0.29, 0.717) is 19.3 Å². The van der Waals surface area contributed by atoms with Crippen LogP contribution in [0.3, 0.4) is 0 Å². The van der Waals surface area contributed by atoms with Crippen molar-refractivity contribution in [1.82, 2.24) is 0 Å². The summed E-state index contributed by atoms with van der Waals surface area (Å²) in [6.45, 7) is 2.55. The molecule has 0 rings (SSSR count). The van der Waals surface area contributed by atoms with Gasteiger partial charge in [0.1, 0.15) is 25.4 Å². The molecule has 121 heavy (non-hydrogen) atoms. The summed E-state index contributed by atoms with van der Waals surface area (Å²) in [4.78, 5) is 59.1. The summed E-state index contributed by atoms with van der Waals surface area (Å²) in [7, 11) is -9.82. The molecule has 16 nitrogen and oxygen atoms in total. The first-order valence-electron chi connectivity index (χ1n) is 48.8. The Bertz CT molecular complexity index is 2830. The van der Waals surface area contributed by atoms with E-state index < -0.39 is 91.5 Å². The average Bonchev–Trinajstić information content (AvgIpc) is 0.952. The number of rotatable bonds is 92. The Morgan fingerprint density at radius 2 is 0.438 bits per heavy atom. The van der Waals surface area contributed by atoms with Gasteiger partial charge in [-0.1, -0.05) is 403 Å². The number of allylic oxidation sites excluding steroid dienone is 26. The number of ether oxygens (including phenoxy) is 3. The van der Waals surface area contributed by atoms with Crippen molar-refractivity contribution in [1.29, 1.82) is 0 Å². The number of carbonyl (C=O) groups is 3. The van der Waals surface area contributed by atoms with Crippen molar-refractivity contribution in [2.24, 2.45) is 0 Å². The molecule has 696 valence electrons. The third kappa shape index (κ3) is 95.7. The van der Waals surface area contributed by atoms with E-state index in [-0.39, 0.29) is 19.3 Å².